The quantitative estimate of drug-likeness (QED) is 0.206. The Kier molecular flexibility index (Phi) is 2.16. The Hall–Kier alpha value is -2.64. The van der Waals surface area contributed by atoms with Gasteiger partial charge in [0.1, 0.15) is 5.82 Å². The van der Waals surface area contributed by atoms with Crippen LogP contribution in [0.15, 0.2) is 60.7 Å². The molecule has 0 atom stereocenters. The summed E-state index contributed by atoms with van der Waals surface area (Å²) in [4.78, 5) is 0. The molecule has 6 aromatic carbocycles. The molecule has 0 nitrogen and oxygen atoms in total. The monoisotopic (exact) mass is 328 g/mol. The summed E-state index contributed by atoms with van der Waals surface area (Å²) in [5.41, 5.74) is 0. The van der Waals surface area contributed by atoms with Crippen molar-refractivity contribution in [1.29, 1.82) is 0 Å². The van der Waals surface area contributed by atoms with E-state index in [2.05, 4.69) is 36.4 Å². The third-order valence-electron chi connectivity index (χ3n) is 5.28. The van der Waals surface area contributed by atoms with Gasteiger partial charge in [-0.3, -0.25) is 0 Å². The molecule has 0 amide bonds. The molecule has 0 aliphatic carbocycles. The number of rotatable bonds is 0. The number of hydrogen-bond acceptors (Lipinski definition) is 0. The van der Waals surface area contributed by atoms with Crippen LogP contribution in [0.25, 0.3) is 53.9 Å². The Morgan fingerprint density at radius 3 is 1.96 bits per heavy atom. The predicted molar refractivity (Wildman–Crippen MR) is 101 cm³/mol. The second-order valence-electron chi connectivity index (χ2n) is 6.43. The maximum Gasteiger partial charge on any atom is 0.133 e. The van der Waals surface area contributed by atoms with E-state index >= 15 is 0 Å². The van der Waals surface area contributed by atoms with Crippen molar-refractivity contribution in [3.63, 3.8) is 0 Å². The molecule has 0 saturated heterocycles. The number of benzene rings is 6. The normalized spacial score (nSPS) is 12.6. The van der Waals surface area contributed by atoms with Gasteiger partial charge in [0, 0.05) is 16.2 Å². The summed E-state index contributed by atoms with van der Waals surface area (Å²) in [6, 6.07) is 20.1. The van der Waals surface area contributed by atoms with Crippen LogP contribution in [0.1, 0.15) is 0 Å². The zero-order valence-corrected chi connectivity index (χ0v) is 13.3. The third kappa shape index (κ3) is 1.32. The summed E-state index contributed by atoms with van der Waals surface area (Å²) < 4.78 is 15.0. The fourth-order valence-corrected chi connectivity index (χ4v) is 4.57. The molecule has 112 valence electrons. The lowest BCUT2D eigenvalue weighted by Gasteiger charge is -2.18. The summed E-state index contributed by atoms with van der Waals surface area (Å²) in [7, 11) is 0. The van der Waals surface area contributed by atoms with Crippen LogP contribution in [0.3, 0.4) is 0 Å². The lowest BCUT2D eigenvalue weighted by Crippen LogP contribution is -1.92. The number of hydrogen-bond donors (Lipinski definition) is 0. The van der Waals surface area contributed by atoms with Crippen LogP contribution in [0, 0.1) is 5.82 Å². The van der Waals surface area contributed by atoms with Gasteiger partial charge < -0.3 is 0 Å². The van der Waals surface area contributed by atoms with Gasteiger partial charge in [0.2, 0.25) is 0 Å². The fraction of sp³-hybridized carbons (Fsp3) is 0. The van der Waals surface area contributed by atoms with Crippen molar-refractivity contribution in [2.24, 2.45) is 0 Å². The first-order chi connectivity index (χ1) is 11.7. The highest BCUT2D eigenvalue weighted by Gasteiger charge is 2.20. The number of halogens is 2. The molecule has 0 aliphatic heterocycles. The first-order valence-corrected chi connectivity index (χ1v) is 8.31. The summed E-state index contributed by atoms with van der Waals surface area (Å²) in [5.74, 6) is -0.251. The first-order valence-electron chi connectivity index (χ1n) is 7.93. The van der Waals surface area contributed by atoms with Gasteiger partial charge in [0.25, 0.3) is 0 Å². The minimum Gasteiger partial charge on any atom is -0.206 e. The maximum absolute atomic E-state index is 15.0. The fourth-order valence-electron chi connectivity index (χ4n) is 4.32. The van der Waals surface area contributed by atoms with Gasteiger partial charge in [-0.05, 0) is 43.8 Å². The van der Waals surface area contributed by atoms with Crippen LogP contribution in [0.4, 0.5) is 4.39 Å². The Labute approximate surface area is 141 Å². The zero-order chi connectivity index (χ0) is 16.0. The summed E-state index contributed by atoms with van der Waals surface area (Å²) in [6.07, 6.45) is 0. The smallest absolute Gasteiger partial charge is 0.133 e. The number of fused-ring (bicyclic) bond motifs is 1. The Balaban J connectivity index is 2.20. The average molecular weight is 329 g/mol. The SMILES string of the molecule is Fc1cc(Cl)c2ccc3ccc4ccc5cccc6c1c2c3c4c56. The molecule has 24 heavy (non-hydrogen) atoms. The molecule has 0 bridgehead atoms. The summed E-state index contributed by atoms with van der Waals surface area (Å²) >= 11 is 6.37. The first kappa shape index (κ1) is 12.7. The van der Waals surface area contributed by atoms with Gasteiger partial charge >= 0.3 is 0 Å². The van der Waals surface area contributed by atoms with Crippen molar-refractivity contribution in [2.75, 3.05) is 0 Å². The van der Waals surface area contributed by atoms with Crippen molar-refractivity contribution >= 4 is 65.5 Å². The second-order valence-corrected chi connectivity index (χ2v) is 6.84. The molecule has 0 spiro atoms. The topological polar surface area (TPSA) is 0 Å². The van der Waals surface area contributed by atoms with E-state index in [1.165, 1.54) is 16.8 Å². The van der Waals surface area contributed by atoms with Crippen LogP contribution in [-0.4, -0.2) is 0 Å². The standard InChI is InChI=1S/C22H10ClF/c23-16-10-17(24)21-15-3-1-2-11-4-5-12-6-7-13-8-9-14(16)22(21)20(13)19(12)18(11)15/h1-10H. The van der Waals surface area contributed by atoms with Gasteiger partial charge in [-0.25, -0.2) is 4.39 Å². The Morgan fingerprint density at radius 1 is 0.583 bits per heavy atom. The van der Waals surface area contributed by atoms with Crippen LogP contribution in [0.5, 0.6) is 0 Å². The minimum absolute atomic E-state index is 0.251. The molecule has 0 fully saturated rings. The highest BCUT2D eigenvalue weighted by molar-refractivity contribution is 6.44. The van der Waals surface area contributed by atoms with E-state index in [1.807, 2.05) is 18.2 Å². The van der Waals surface area contributed by atoms with Crippen molar-refractivity contribution in [1.82, 2.24) is 0 Å². The average Bonchev–Trinajstić information content (AvgIpc) is 2.60. The largest absolute Gasteiger partial charge is 0.206 e. The molecule has 6 aromatic rings. The van der Waals surface area contributed by atoms with Gasteiger partial charge in [-0.15, -0.1) is 0 Å². The second kappa shape index (κ2) is 4.06. The molecule has 0 radical (unpaired) electrons. The van der Waals surface area contributed by atoms with Gasteiger partial charge in [-0.1, -0.05) is 66.2 Å². The lowest BCUT2D eigenvalue weighted by atomic mass is 9.86. The van der Waals surface area contributed by atoms with E-state index in [9.17, 15) is 4.39 Å². The predicted octanol–water partition coefficient (Wildman–Crippen LogP) is 7.12. The molecule has 0 saturated carbocycles. The molecule has 0 N–H and O–H groups in total. The molecule has 0 unspecified atom stereocenters. The third-order valence-corrected chi connectivity index (χ3v) is 5.59. The van der Waals surface area contributed by atoms with Gasteiger partial charge in [0.05, 0.1) is 5.02 Å². The minimum atomic E-state index is -0.251. The van der Waals surface area contributed by atoms with Crippen LogP contribution in [0.2, 0.25) is 5.02 Å². The summed E-state index contributed by atoms with van der Waals surface area (Å²) in [6.45, 7) is 0. The van der Waals surface area contributed by atoms with Gasteiger partial charge in [-0.2, -0.15) is 0 Å². The molecule has 2 heteroatoms. The van der Waals surface area contributed by atoms with E-state index < -0.39 is 0 Å². The molecule has 6 rings (SSSR count). The molecule has 0 heterocycles. The van der Waals surface area contributed by atoms with E-state index in [4.69, 9.17) is 11.6 Å². The lowest BCUT2D eigenvalue weighted by molar-refractivity contribution is 0.641. The van der Waals surface area contributed by atoms with Crippen molar-refractivity contribution in [2.45, 2.75) is 0 Å². The summed E-state index contributed by atoms with van der Waals surface area (Å²) in [5, 5.41) is 10.9. The van der Waals surface area contributed by atoms with Crippen LogP contribution >= 0.6 is 11.6 Å². The van der Waals surface area contributed by atoms with Crippen molar-refractivity contribution < 1.29 is 4.39 Å². The van der Waals surface area contributed by atoms with Crippen LogP contribution < -0.4 is 0 Å². The Morgan fingerprint density at radius 2 is 1.21 bits per heavy atom. The maximum atomic E-state index is 15.0. The van der Waals surface area contributed by atoms with Crippen molar-refractivity contribution in [3.8, 4) is 0 Å². The van der Waals surface area contributed by atoms with E-state index in [1.54, 1.807) is 0 Å². The molecule has 0 aromatic heterocycles. The zero-order valence-electron chi connectivity index (χ0n) is 12.5. The highest BCUT2D eigenvalue weighted by Crippen LogP contribution is 2.46. The van der Waals surface area contributed by atoms with E-state index in [-0.39, 0.29) is 5.82 Å². The van der Waals surface area contributed by atoms with Gasteiger partial charge in [0.15, 0.2) is 0 Å². The molecular formula is C22H10ClF. The highest BCUT2D eigenvalue weighted by atomic mass is 35.5. The van der Waals surface area contributed by atoms with Crippen LogP contribution in [-0.2, 0) is 0 Å². The Bertz CT molecular complexity index is 1410. The van der Waals surface area contributed by atoms with E-state index in [0.29, 0.717) is 10.4 Å². The van der Waals surface area contributed by atoms with E-state index in [0.717, 1.165) is 37.7 Å². The molecular weight excluding hydrogens is 319 g/mol. The van der Waals surface area contributed by atoms with Crippen molar-refractivity contribution in [3.05, 3.63) is 71.5 Å². The molecule has 0 aliphatic rings.